The van der Waals surface area contributed by atoms with Crippen molar-refractivity contribution in [3.05, 3.63) is 38.8 Å². The molecule has 2 nitrogen and oxygen atoms in total. The van der Waals surface area contributed by atoms with Gasteiger partial charge in [-0.15, -0.1) is 11.3 Å². The second-order valence-electron chi connectivity index (χ2n) is 5.23. The fraction of sp³-hybridized carbons (Fsp3) is 0.438. The van der Waals surface area contributed by atoms with Gasteiger partial charge in [0.2, 0.25) is 0 Å². The largest absolute Gasteiger partial charge is 0.312 e. The highest BCUT2D eigenvalue weighted by atomic mass is 79.9. The zero-order valence-electron chi connectivity index (χ0n) is 12.5. The van der Waals surface area contributed by atoms with Crippen molar-refractivity contribution in [3.63, 3.8) is 0 Å². The third-order valence-electron chi connectivity index (χ3n) is 3.23. The average molecular weight is 353 g/mol. The quantitative estimate of drug-likeness (QED) is 0.808. The lowest BCUT2D eigenvalue weighted by Crippen LogP contribution is -2.12. The summed E-state index contributed by atoms with van der Waals surface area (Å²) in [5.74, 6) is 0.461. The summed E-state index contributed by atoms with van der Waals surface area (Å²) in [7, 11) is 0. The van der Waals surface area contributed by atoms with Crippen LogP contribution >= 0.6 is 27.3 Å². The van der Waals surface area contributed by atoms with Gasteiger partial charge in [0.25, 0.3) is 0 Å². The topological polar surface area (TPSA) is 24.9 Å². The Morgan fingerprint density at radius 1 is 1.35 bits per heavy atom. The second-order valence-corrected chi connectivity index (χ2v) is 7.16. The Labute approximate surface area is 133 Å². The third-order valence-corrected chi connectivity index (χ3v) is 5.20. The lowest BCUT2D eigenvalue weighted by Gasteiger charge is -2.04. The smallest absolute Gasteiger partial charge is 0.123 e. The molecule has 0 aliphatic rings. The summed E-state index contributed by atoms with van der Waals surface area (Å²) in [6.07, 6.45) is 0. The van der Waals surface area contributed by atoms with E-state index in [-0.39, 0.29) is 0 Å². The molecule has 0 atom stereocenters. The van der Waals surface area contributed by atoms with Crippen LogP contribution in [0.4, 0.5) is 0 Å². The number of benzene rings is 1. The number of aromatic nitrogens is 1. The van der Waals surface area contributed by atoms with Gasteiger partial charge in [0.05, 0.1) is 5.69 Å². The number of aryl methyl sites for hydroxylation is 1. The maximum Gasteiger partial charge on any atom is 0.123 e. The van der Waals surface area contributed by atoms with E-state index in [1.165, 1.54) is 21.7 Å². The predicted octanol–water partition coefficient (Wildman–Crippen LogP) is 5.11. The summed E-state index contributed by atoms with van der Waals surface area (Å²) >= 11 is 5.41. The normalized spacial score (nSPS) is 11.3. The number of halogens is 1. The fourth-order valence-electron chi connectivity index (χ4n) is 2.03. The molecule has 1 aromatic carbocycles. The molecule has 1 aromatic heterocycles. The van der Waals surface area contributed by atoms with Gasteiger partial charge in [-0.2, -0.15) is 0 Å². The van der Waals surface area contributed by atoms with Gasteiger partial charge in [0.1, 0.15) is 5.01 Å². The maximum atomic E-state index is 4.86. The summed E-state index contributed by atoms with van der Waals surface area (Å²) in [4.78, 5) is 6.22. The van der Waals surface area contributed by atoms with Gasteiger partial charge in [0, 0.05) is 21.5 Å². The summed E-state index contributed by atoms with van der Waals surface area (Å²) in [6.45, 7) is 10.5. The molecular weight excluding hydrogens is 332 g/mol. The minimum atomic E-state index is 0.461. The highest BCUT2D eigenvalue weighted by Gasteiger charge is 2.15. The molecule has 4 heteroatoms. The van der Waals surface area contributed by atoms with Crippen LogP contribution in [0.15, 0.2) is 22.7 Å². The molecule has 1 heterocycles. The predicted molar refractivity (Wildman–Crippen MR) is 91.5 cm³/mol. The Hall–Kier alpha value is -0.710. The molecule has 108 valence electrons. The van der Waals surface area contributed by atoms with Crippen LogP contribution in [-0.4, -0.2) is 11.5 Å². The first-order valence-electron chi connectivity index (χ1n) is 6.99. The molecular formula is C16H21BrN2S. The van der Waals surface area contributed by atoms with Crippen LogP contribution in [-0.2, 0) is 6.54 Å². The lowest BCUT2D eigenvalue weighted by molar-refractivity contribution is 0.714. The van der Waals surface area contributed by atoms with Crippen molar-refractivity contribution in [2.75, 3.05) is 6.54 Å². The number of thiazole rings is 1. The first kappa shape index (κ1) is 15.7. The van der Waals surface area contributed by atoms with Crippen LogP contribution in [0, 0.1) is 6.92 Å². The Morgan fingerprint density at radius 2 is 2.10 bits per heavy atom. The molecule has 0 aliphatic carbocycles. The van der Waals surface area contributed by atoms with Gasteiger partial charge in [-0.1, -0.05) is 48.8 Å². The first-order valence-corrected chi connectivity index (χ1v) is 8.60. The average Bonchev–Trinajstić information content (AvgIpc) is 2.84. The van der Waals surface area contributed by atoms with E-state index in [4.69, 9.17) is 4.98 Å². The molecule has 0 unspecified atom stereocenters. The van der Waals surface area contributed by atoms with Crippen molar-refractivity contribution in [3.8, 4) is 10.6 Å². The van der Waals surface area contributed by atoms with Crippen molar-refractivity contribution >= 4 is 27.3 Å². The zero-order chi connectivity index (χ0) is 14.7. The molecule has 1 N–H and O–H groups in total. The van der Waals surface area contributed by atoms with Crippen molar-refractivity contribution in [2.45, 2.75) is 40.2 Å². The van der Waals surface area contributed by atoms with Gasteiger partial charge in [0.15, 0.2) is 0 Å². The molecule has 0 radical (unpaired) electrons. The van der Waals surface area contributed by atoms with Crippen molar-refractivity contribution < 1.29 is 0 Å². The summed E-state index contributed by atoms with van der Waals surface area (Å²) in [6, 6.07) is 6.45. The lowest BCUT2D eigenvalue weighted by atomic mass is 10.1. The highest BCUT2D eigenvalue weighted by molar-refractivity contribution is 9.10. The van der Waals surface area contributed by atoms with E-state index >= 15 is 0 Å². The van der Waals surface area contributed by atoms with E-state index in [2.05, 4.69) is 67.1 Å². The third kappa shape index (κ3) is 3.48. The van der Waals surface area contributed by atoms with Gasteiger partial charge in [-0.25, -0.2) is 4.98 Å². The number of nitrogens with one attached hydrogen (secondary N) is 1. The van der Waals surface area contributed by atoms with E-state index in [1.54, 1.807) is 11.3 Å². The van der Waals surface area contributed by atoms with Crippen LogP contribution in [0.3, 0.4) is 0 Å². The van der Waals surface area contributed by atoms with Crippen LogP contribution in [0.1, 0.15) is 42.8 Å². The molecule has 20 heavy (non-hydrogen) atoms. The summed E-state index contributed by atoms with van der Waals surface area (Å²) in [5, 5.41) is 4.52. The molecule has 0 spiro atoms. The van der Waals surface area contributed by atoms with Crippen LogP contribution in [0.2, 0.25) is 0 Å². The van der Waals surface area contributed by atoms with Crippen LogP contribution in [0.25, 0.3) is 10.6 Å². The maximum absolute atomic E-state index is 4.86. The van der Waals surface area contributed by atoms with Crippen LogP contribution < -0.4 is 5.32 Å². The van der Waals surface area contributed by atoms with Gasteiger partial charge in [-0.05, 0) is 31.0 Å². The second kappa shape index (κ2) is 6.83. The molecule has 2 aromatic rings. The van der Waals surface area contributed by atoms with Gasteiger partial charge in [-0.3, -0.25) is 0 Å². The summed E-state index contributed by atoms with van der Waals surface area (Å²) < 4.78 is 1.14. The van der Waals surface area contributed by atoms with Gasteiger partial charge < -0.3 is 5.32 Å². The highest BCUT2D eigenvalue weighted by Crippen LogP contribution is 2.33. The molecule has 0 amide bonds. The number of hydrogen-bond donors (Lipinski definition) is 1. The standard InChI is InChI=1S/C16H21BrN2S/c1-5-18-9-14-15(10(2)3)19-16(20-14)12-7-6-11(4)13(17)8-12/h6-8,10,18H,5,9H2,1-4H3. The van der Waals surface area contributed by atoms with Gasteiger partial charge >= 0.3 is 0 Å². The Kier molecular flexibility index (Phi) is 5.35. The molecule has 0 saturated heterocycles. The number of hydrogen-bond acceptors (Lipinski definition) is 3. The monoisotopic (exact) mass is 352 g/mol. The first-order chi connectivity index (χ1) is 9.52. The van der Waals surface area contributed by atoms with Crippen molar-refractivity contribution in [1.82, 2.24) is 10.3 Å². The van der Waals surface area contributed by atoms with E-state index < -0.39 is 0 Å². The Morgan fingerprint density at radius 3 is 2.70 bits per heavy atom. The van der Waals surface area contributed by atoms with E-state index in [0.717, 1.165) is 22.6 Å². The SMILES string of the molecule is CCNCc1sc(-c2ccc(C)c(Br)c2)nc1C(C)C. The molecule has 0 aliphatic heterocycles. The van der Waals surface area contributed by atoms with E-state index in [1.807, 2.05) is 0 Å². The van der Waals surface area contributed by atoms with Crippen molar-refractivity contribution in [2.24, 2.45) is 0 Å². The van der Waals surface area contributed by atoms with E-state index in [9.17, 15) is 0 Å². The van der Waals surface area contributed by atoms with Crippen molar-refractivity contribution in [1.29, 1.82) is 0 Å². The fourth-order valence-corrected chi connectivity index (χ4v) is 3.59. The minimum Gasteiger partial charge on any atom is -0.312 e. The molecule has 0 bridgehead atoms. The molecule has 0 saturated carbocycles. The minimum absolute atomic E-state index is 0.461. The van der Waals surface area contributed by atoms with Crippen LogP contribution in [0.5, 0.6) is 0 Å². The molecule has 0 fully saturated rings. The van der Waals surface area contributed by atoms with E-state index in [0.29, 0.717) is 5.92 Å². The Balaban J connectivity index is 2.38. The number of nitrogens with zero attached hydrogens (tertiary/aromatic N) is 1. The number of rotatable bonds is 5. The summed E-state index contributed by atoms with van der Waals surface area (Å²) in [5.41, 5.74) is 3.67. The Bertz CT molecular complexity index is 590. The zero-order valence-corrected chi connectivity index (χ0v) is 14.9. The molecule has 2 rings (SSSR count).